The molecule has 0 saturated carbocycles. The molecule has 0 amide bonds. The number of ether oxygens (including phenoxy) is 1. The molecule has 0 spiro atoms. The molecule has 1 aromatic rings. The molecule has 0 aliphatic rings. The summed E-state index contributed by atoms with van der Waals surface area (Å²) in [5.74, 6) is -0.151. The van der Waals surface area contributed by atoms with E-state index in [0.29, 0.717) is 6.61 Å². The third kappa shape index (κ3) is 5.32. The number of hydrogen-bond donors (Lipinski definition) is 1. The first-order valence-corrected chi connectivity index (χ1v) is 6.60. The molecule has 1 atom stereocenters. The second-order valence-electron chi connectivity index (χ2n) is 4.65. The summed E-state index contributed by atoms with van der Waals surface area (Å²) in [5, 5.41) is 3.26. The molecule has 0 saturated heterocycles. The van der Waals surface area contributed by atoms with E-state index < -0.39 is 0 Å². The molecule has 100 valence electrons. The molecule has 1 unspecified atom stereocenters. The van der Waals surface area contributed by atoms with Gasteiger partial charge in [-0.15, -0.1) is 0 Å². The third-order valence-electron chi connectivity index (χ3n) is 2.67. The molecule has 0 aliphatic carbocycles. The van der Waals surface area contributed by atoms with Crippen molar-refractivity contribution in [2.45, 2.75) is 45.7 Å². The summed E-state index contributed by atoms with van der Waals surface area (Å²) in [6.07, 6.45) is 1.64. The summed E-state index contributed by atoms with van der Waals surface area (Å²) in [4.78, 5) is 11.8. The molecule has 0 aromatic heterocycles. The van der Waals surface area contributed by atoms with Gasteiger partial charge in [-0.2, -0.15) is 0 Å². The quantitative estimate of drug-likeness (QED) is 0.755. The van der Waals surface area contributed by atoms with Gasteiger partial charge in [-0.3, -0.25) is 4.79 Å². The Morgan fingerprint density at radius 1 is 1.28 bits per heavy atom. The average Bonchev–Trinajstić information content (AvgIpc) is 2.35. The lowest BCUT2D eigenvalue weighted by atomic mass is 10.0. The second kappa shape index (κ2) is 7.88. The van der Waals surface area contributed by atoms with Crippen molar-refractivity contribution in [3.05, 3.63) is 35.9 Å². The monoisotopic (exact) mass is 249 g/mol. The zero-order chi connectivity index (χ0) is 13.4. The van der Waals surface area contributed by atoms with E-state index in [1.165, 1.54) is 5.56 Å². The number of carbonyl (C=O) groups is 1. The minimum absolute atomic E-state index is 0.151. The molecule has 0 aliphatic heterocycles. The van der Waals surface area contributed by atoms with Gasteiger partial charge in [0.05, 0.1) is 6.61 Å². The molecule has 0 radical (unpaired) electrons. The smallest absolute Gasteiger partial charge is 0.323 e. The lowest BCUT2D eigenvalue weighted by Crippen LogP contribution is -2.42. The van der Waals surface area contributed by atoms with Crippen LogP contribution in [0.1, 0.15) is 32.8 Å². The number of nitrogens with one attached hydrogen (secondary N) is 1. The van der Waals surface area contributed by atoms with Gasteiger partial charge in [-0.25, -0.2) is 0 Å². The van der Waals surface area contributed by atoms with Crippen molar-refractivity contribution in [3.63, 3.8) is 0 Å². The molecular weight excluding hydrogens is 226 g/mol. The van der Waals surface area contributed by atoms with Crippen molar-refractivity contribution in [2.75, 3.05) is 6.61 Å². The van der Waals surface area contributed by atoms with E-state index >= 15 is 0 Å². The molecule has 0 fully saturated rings. The van der Waals surface area contributed by atoms with E-state index in [9.17, 15) is 4.79 Å². The van der Waals surface area contributed by atoms with Crippen LogP contribution in [0.15, 0.2) is 30.3 Å². The van der Waals surface area contributed by atoms with E-state index in [2.05, 4.69) is 17.4 Å². The van der Waals surface area contributed by atoms with Crippen molar-refractivity contribution in [1.82, 2.24) is 5.32 Å². The van der Waals surface area contributed by atoms with E-state index in [4.69, 9.17) is 4.74 Å². The summed E-state index contributed by atoms with van der Waals surface area (Å²) in [6.45, 7) is 6.34. The Morgan fingerprint density at radius 2 is 1.94 bits per heavy atom. The van der Waals surface area contributed by atoms with Crippen LogP contribution in [-0.2, 0) is 16.0 Å². The van der Waals surface area contributed by atoms with Crippen LogP contribution >= 0.6 is 0 Å². The van der Waals surface area contributed by atoms with Crippen LogP contribution < -0.4 is 5.32 Å². The predicted molar refractivity (Wildman–Crippen MR) is 73.5 cm³/mol. The molecule has 1 rings (SSSR count). The van der Waals surface area contributed by atoms with Crippen LogP contribution in [0.5, 0.6) is 0 Å². The van der Waals surface area contributed by atoms with Crippen molar-refractivity contribution >= 4 is 5.97 Å². The standard InChI is InChI=1S/C15H23NO2/c1-4-18-15(17)14(16-12(2)3)11-10-13-8-6-5-7-9-13/h5-9,12,14,16H,4,10-11H2,1-3H3. The molecule has 0 heterocycles. The number of aryl methyl sites for hydroxylation is 1. The van der Waals surface area contributed by atoms with Gasteiger partial charge < -0.3 is 10.1 Å². The number of benzene rings is 1. The molecule has 18 heavy (non-hydrogen) atoms. The maximum Gasteiger partial charge on any atom is 0.323 e. The Morgan fingerprint density at radius 3 is 2.50 bits per heavy atom. The maximum absolute atomic E-state index is 11.8. The van der Waals surface area contributed by atoms with Gasteiger partial charge in [0.25, 0.3) is 0 Å². The van der Waals surface area contributed by atoms with E-state index in [0.717, 1.165) is 12.8 Å². The van der Waals surface area contributed by atoms with Crippen LogP contribution in [0, 0.1) is 0 Å². The Balaban J connectivity index is 2.53. The highest BCUT2D eigenvalue weighted by Crippen LogP contribution is 2.07. The highest BCUT2D eigenvalue weighted by molar-refractivity contribution is 5.75. The lowest BCUT2D eigenvalue weighted by molar-refractivity contribution is -0.146. The summed E-state index contributed by atoms with van der Waals surface area (Å²) in [6, 6.07) is 10.3. The maximum atomic E-state index is 11.8. The molecule has 1 N–H and O–H groups in total. The largest absolute Gasteiger partial charge is 0.465 e. The topological polar surface area (TPSA) is 38.3 Å². The van der Waals surface area contributed by atoms with Crippen molar-refractivity contribution in [2.24, 2.45) is 0 Å². The summed E-state index contributed by atoms with van der Waals surface area (Å²) in [5.41, 5.74) is 1.25. The minimum Gasteiger partial charge on any atom is -0.465 e. The van der Waals surface area contributed by atoms with Gasteiger partial charge in [-0.1, -0.05) is 44.2 Å². The Labute approximate surface area is 110 Å². The van der Waals surface area contributed by atoms with Crippen molar-refractivity contribution < 1.29 is 9.53 Å². The summed E-state index contributed by atoms with van der Waals surface area (Å²) in [7, 11) is 0. The summed E-state index contributed by atoms with van der Waals surface area (Å²) < 4.78 is 5.09. The summed E-state index contributed by atoms with van der Waals surface area (Å²) >= 11 is 0. The molecule has 1 aromatic carbocycles. The van der Waals surface area contributed by atoms with Crippen LogP contribution in [0.3, 0.4) is 0 Å². The second-order valence-corrected chi connectivity index (χ2v) is 4.65. The first-order valence-electron chi connectivity index (χ1n) is 6.60. The average molecular weight is 249 g/mol. The first-order chi connectivity index (χ1) is 8.63. The van der Waals surface area contributed by atoms with Crippen LogP contribution in [-0.4, -0.2) is 24.7 Å². The Kier molecular flexibility index (Phi) is 6.44. The van der Waals surface area contributed by atoms with Crippen LogP contribution in [0.2, 0.25) is 0 Å². The predicted octanol–water partition coefficient (Wildman–Crippen LogP) is 2.55. The number of esters is 1. The number of hydrogen-bond acceptors (Lipinski definition) is 3. The number of carbonyl (C=O) groups excluding carboxylic acids is 1. The molecular formula is C15H23NO2. The molecule has 3 heteroatoms. The highest BCUT2D eigenvalue weighted by atomic mass is 16.5. The Hall–Kier alpha value is -1.35. The fraction of sp³-hybridized carbons (Fsp3) is 0.533. The zero-order valence-electron chi connectivity index (χ0n) is 11.5. The zero-order valence-corrected chi connectivity index (χ0v) is 11.5. The van der Waals surface area contributed by atoms with E-state index in [-0.39, 0.29) is 18.1 Å². The van der Waals surface area contributed by atoms with Crippen LogP contribution in [0.25, 0.3) is 0 Å². The first kappa shape index (κ1) is 14.7. The minimum atomic E-state index is -0.217. The van der Waals surface area contributed by atoms with Gasteiger partial charge >= 0.3 is 5.97 Å². The van der Waals surface area contributed by atoms with Gasteiger partial charge in [-0.05, 0) is 25.3 Å². The third-order valence-corrected chi connectivity index (χ3v) is 2.67. The van der Waals surface area contributed by atoms with Crippen LogP contribution in [0.4, 0.5) is 0 Å². The molecule has 0 bridgehead atoms. The number of rotatable bonds is 7. The fourth-order valence-electron chi connectivity index (χ4n) is 1.87. The van der Waals surface area contributed by atoms with Gasteiger partial charge in [0.2, 0.25) is 0 Å². The normalized spacial score (nSPS) is 12.4. The van der Waals surface area contributed by atoms with Crippen molar-refractivity contribution in [1.29, 1.82) is 0 Å². The van der Waals surface area contributed by atoms with Gasteiger partial charge in [0.1, 0.15) is 6.04 Å². The fourth-order valence-corrected chi connectivity index (χ4v) is 1.87. The van der Waals surface area contributed by atoms with Gasteiger partial charge in [0, 0.05) is 6.04 Å². The van der Waals surface area contributed by atoms with Gasteiger partial charge in [0.15, 0.2) is 0 Å². The Bertz CT molecular complexity index is 349. The SMILES string of the molecule is CCOC(=O)C(CCc1ccccc1)NC(C)C. The lowest BCUT2D eigenvalue weighted by Gasteiger charge is -2.19. The molecule has 3 nitrogen and oxygen atoms in total. The van der Waals surface area contributed by atoms with E-state index in [1.807, 2.05) is 39.0 Å². The van der Waals surface area contributed by atoms with E-state index in [1.54, 1.807) is 0 Å². The highest BCUT2D eigenvalue weighted by Gasteiger charge is 2.19. The van der Waals surface area contributed by atoms with Crippen molar-refractivity contribution in [3.8, 4) is 0 Å².